The van der Waals surface area contributed by atoms with Crippen LogP contribution in [0.25, 0.3) is 0 Å². The van der Waals surface area contributed by atoms with Crippen molar-refractivity contribution in [1.82, 2.24) is 9.88 Å². The van der Waals surface area contributed by atoms with Crippen LogP contribution in [0.5, 0.6) is 0 Å². The van der Waals surface area contributed by atoms with Crippen molar-refractivity contribution in [2.45, 2.75) is 6.54 Å². The monoisotopic (exact) mass is 321 g/mol. The summed E-state index contributed by atoms with van der Waals surface area (Å²) in [6, 6.07) is 12.0. The lowest BCUT2D eigenvalue weighted by molar-refractivity contribution is 0.250. The van der Waals surface area contributed by atoms with E-state index in [1.807, 2.05) is 30.3 Å². The number of piperazine rings is 1. The van der Waals surface area contributed by atoms with E-state index in [2.05, 4.69) is 20.9 Å². The van der Waals surface area contributed by atoms with E-state index in [4.69, 9.17) is 23.2 Å². The van der Waals surface area contributed by atoms with Gasteiger partial charge >= 0.3 is 0 Å². The maximum Gasteiger partial charge on any atom is 0.129 e. The summed E-state index contributed by atoms with van der Waals surface area (Å²) in [5.41, 5.74) is 2.42. The molecule has 0 atom stereocenters. The Bertz CT molecular complexity index is 610. The predicted molar refractivity (Wildman–Crippen MR) is 88.2 cm³/mol. The van der Waals surface area contributed by atoms with Crippen LogP contribution in [0, 0.1) is 0 Å². The molecule has 21 heavy (non-hydrogen) atoms. The SMILES string of the molecule is Clc1cccc(N2CCN(Cc3ccnc(Cl)c3)CC2)c1. The molecule has 0 radical (unpaired) electrons. The van der Waals surface area contributed by atoms with E-state index in [0.29, 0.717) is 5.15 Å². The fraction of sp³-hybridized carbons (Fsp3) is 0.312. The minimum absolute atomic E-state index is 0.560. The van der Waals surface area contributed by atoms with Crippen LogP contribution in [-0.4, -0.2) is 36.1 Å². The van der Waals surface area contributed by atoms with Gasteiger partial charge < -0.3 is 4.90 Å². The van der Waals surface area contributed by atoms with Gasteiger partial charge in [0.05, 0.1) is 0 Å². The molecule has 0 unspecified atom stereocenters. The number of pyridine rings is 1. The van der Waals surface area contributed by atoms with Gasteiger partial charge in [-0.3, -0.25) is 4.90 Å². The highest BCUT2D eigenvalue weighted by atomic mass is 35.5. The van der Waals surface area contributed by atoms with Gasteiger partial charge in [0.2, 0.25) is 0 Å². The van der Waals surface area contributed by atoms with Crippen LogP contribution in [0.4, 0.5) is 5.69 Å². The smallest absolute Gasteiger partial charge is 0.129 e. The molecule has 0 spiro atoms. The van der Waals surface area contributed by atoms with Crippen LogP contribution < -0.4 is 4.90 Å². The van der Waals surface area contributed by atoms with Crippen molar-refractivity contribution in [3.63, 3.8) is 0 Å². The van der Waals surface area contributed by atoms with Gasteiger partial charge in [-0.1, -0.05) is 29.3 Å². The lowest BCUT2D eigenvalue weighted by atomic mass is 10.2. The minimum Gasteiger partial charge on any atom is -0.369 e. The first-order valence-corrected chi connectivity index (χ1v) is 7.79. The van der Waals surface area contributed by atoms with Crippen LogP contribution in [0.15, 0.2) is 42.6 Å². The zero-order chi connectivity index (χ0) is 14.7. The highest BCUT2D eigenvalue weighted by Gasteiger charge is 2.17. The summed E-state index contributed by atoms with van der Waals surface area (Å²) < 4.78 is 0. The molecule has 1 saturated heterocycles. The van der Waals surface area contributed by atoms with E-state index in [1.54, 1.807) is 6.20 Å². The Morgan fingerprint density at radius 1 is 1.00 bits per heavy atom. The number of benzene rings is 1. The molecule has 3 nitrogen and oxygen atoms in total. The molecule has 0 amide bonds. The van der Waals surface area contributed by atoms with Crippen LogP contribution >= 0.6 is 23.2 Å². The van der Waals surface area contributed by atoms with Crippen LogP contribution in [0.3, 0.4) is 0 Å². The van der Waals surface area contributed by atoms with Gasteiger partial charge in [0.1, 0.15) is 5.15 Å². The number of nitrogens with zero attached hydrogens (tertiary/aromatic N) is 3. The molecule has 0 bridgehead atoms. The Morgan fingerprint density at radius 3 is 2.52 bits per heavy atom. The van der Waals surface area contributed by atoms with Crippen molar-refractivity contribution in [3.05, 3.63) is 58.3 Å². The lowest BCUT2D eigenvalue weighted by Gasteiger charge is -2.36. The minimum atomic E-state index is 0.560. The third-order valence-electron chi connectivity index (χ3n) is 3.74. The largest absolute Gasteiger partial charge is 0.369 e. The summed E-state index contributed by atoms with van der Waals surface area (Å²) in [6.45, 7) is 5.02. The molecule has 0 saturated carbocycles. The topological polar surface area (TPSA) is 19.4 Å². The average molecular weight is 322 g/mol. The molecular weight excluding hydrogens is 305 g/mol. The van der Waals surface area contributed by atoms with Crippen LogP contribution in [-0.2, 0) is 6.54 Å². The highest BCUT2D eigenvalue weighted by molar-refractivity contribution is 6.30. The van der Waals surface area contributed by atoms with Gasteiger partial charge in [-0.25, -0.2) is 4.98 Å². The number of hydrogen-bond acceptors (Lipinski definition) is 3. The predicted octanol–water partition coefficient (Wildman–Crippen LogP) is 3.71. The Morgan fingerprint density at radius 2 is 1.81 bits per heavy atom. The Hall–Kier alpha value is -1.29. The molecule has 2 aromatic rings. The molecule has 3 rings (SSSR count). The van der Waals surface area contributed by atoms with Gasteiger partial charge in [-0.15, -0.1) is 0 Å². The van der Waals surface area contributed by atoms with E-state index in [-0.39, 0.29) is 0 Å². The van der Waals surface area contributed by atoms with Crippen LogP contribution in [0.1, 0.15) is 5.56 Å². The second-order valence-electron chi connectivity index (χ2n) is 5.23. The second-order valence-corrected chi connectivity index (χ2v) is 6.05. The first-order valence-electron chi connectivity index (χ1n) is 7.04. The van der Waals surface area contributed by atoms with Crippen molar-refractivity contribution in [2.24, 2.45) is 0 Å². The molecule has 1 aromatic heterocycles. The first kappa shape index (κ1) is 14.6. The van der Waals surface area contributed by atoms with E-state index in [9.17, 15) is 0 Å². The zero-order valence-corrected chi connectivity index (χ0v) is 13.2. The number of anilines is 1. The van der Waals surface area contributed by atoms with Gasteiger partial charge in [0.25, 0.3) is 0 Å². The molecule has 0 aliphatic carbocycles. The molecule has 5 heteroatoms. The summed E-state index contributed by atoms with van der Waals surface area (Å²) in [7, 11) is 0. The summed E-state index contributed by atoms with van der Waals surface area (Å²) in [5.74, 6) is 0. The zero-order valence-electron chi connectivity index (χ0n) is 11.7. The summed E-state index contributed by atoms with van der Waals surface area (Å²) in [6.07, 6.45) is 1.76. The van der Waals surface area contributed by atoms with Crippen molar-refractivity contribution in [3.8, 4) is 0 Å². The quantitative estimate of drug-likeness (QED) is 0.803. The molecule has 1 aromatic carbocycles. The van der Waals surface area contributed by atoms with E-state index in [0.717, 1.165) is 37.7 Å². The third-order valence-corrected chi connectivity index (χ3v) is 4.18. The summed E-state index contributed by atoms with van der Waals surface area (Å²) >= 11 is 12.0. The standard InChI is InChI=1S/C16H17Cl2N3/c17-14-2-1-3-15(11-14)21-8-6-20(7-9-21)12-13-4-5-19-16(18)10-13/h1-5,10-11H,6-9,12H2. The van der Waals surface area contributed by atoms with E-state index in [1.165, 1.54) is 11.3 Å². The molecule has 110 valence electrons. The first-order chi connectivity index (χ1) is 10.2. The Labute approximate surface area is 135 Å². The van der Waals surface area contributed by atoms with Crippen molar-refractivity contribution >= 4 is 28.9 Å². The van der Waals surface area contributed by atoms with E-state index >= 15 is 0 Å². The summed E-state index contributed by atoms with van der Waals surface area (Å²) in [4.78, 5) is 8.83. The number of rotatable bonds is 3. The van der Waals surface area contributed by atoms with Gasteiger partial charge in [0, 0.05) is 49.6 Å². The number of aromatic nitrogens is 1. The lowest BCUT2D eigenvalue weighted by Crippen LogP contribution is -2.45. The fourth-order valence-corrected chi connectivity index (χ4v) is 3.02. The molecule has 2 heterocycles. The maximum absolute atomic E-state index is 6.06. The Kier molecular flexibility index (Phi) is 4.63. The summed E-state index contributed by atoms with van der Waals surface area (Å²) in [5, 5.41) is 1.35. The molecule has 1 fully saturated rings. The van der Waals surface area contributed by atoms with Gasteiger partial charge in [-0.2, -0.15) is 0 Å². The third kappa shape index (κ3) is 3.88. The number of halogens is 2. The van der Waals surface area contributed by atoms with Crippen LogP contribution in [0.2, 0.25) is 10.2 Å². The second kappa shape index (κ2) is 6.65. The highest BCUT2D eigenvalue weighted by Crippen LogP contribution is 2.21. The molecule has 0 N–H and O–H groups in total. The van der Waals surface area contributed by atoms with Gasteiger partial charge in [0.15, 0.2) is 0 Å². The average Bonchev–Trinajstić information content (AvgIpc) is 2.48. The normalized spacial score (nSPS) is 16.2. The van der Waals surface area contributed by atoms with Crippen molar-refractivity contribution in [2.75, 3.05) is 31.1 Å². The number of hydrogen-bond donors (Lipinski definition) is 0. The van der Waals surface area contributed by atoms with Crippen molar-refractivity contribution in [1.29, 1.82) is 0 Å². The molecule has 1 aliphatic rings. The van der Waals surface area contributed by atoms with Crippen molar-refractivity contribution < 1.29 is 0 Å². The Balaban J connectivity index is 1.58. The molecular formula is C16H17Cl2N3. The molecule has 1 aliphatic heterocycles. The fourth-order valence-electron chi connectivity index (χ4n) is 2.64. The van der Waals surface area contributed by atoms with E-state index < -0.39 is 0 Å². The maximum atomic E-state index is 6.06. The van der Waals surface area contributed by atoms with Gasteiger partial charge in [-0.05, 0) is 35.9 Å².